The van der Waals surface area contributed by atoms with Gasteiger partial charge in [-0.1, -0.05) is 23.5 Å². The van der Waals surface area contributed by atoms with Crippen LogP contribution in [-0.2, 0) is 16.9 Å². The Morgan fingerprint density at radius 1 is 1.21 bits per heavy atom. The quantitative estimate of drug-likeness (QED) is 0.650. The van der Waals surface area contributed by atoms with Gasteiger partial charge in [-0.2, -0.15) is 4.99 Å². The van der Waals surface area contributed by atoms with E-state index in [-0.39, 0.29) is 10.5 Å². The van der Waals surface area contributed by atoms with Gasteiger partial charge in [0.05, 0.1) is 22.0 Å². The standard InChI is InChI=1S/C20H22N2O4S2/c1-12(2)28(24,25)15-8-6-7-14(11-15)19(23)21-20-22(4)17-16(26-5)10-9-13(3)18(17)27-20/h6-12H,1-5H3. The number of nitrogens with zero attached hydrogens (tertiary/aromatic N) is 2. The molecule has 148 valence electrons. The lowest BCUT2D eigenvalue weighted by Gasteiger charge is -2.08. The number of aromatic nitrogens is 1. The van der Waals surface area contributed by atoms with Crippen LogP contribution < -0.4 is 9.54 Å². The minimum Gasteiger partial charge on any atom is -0.495 e. The van der Waals surface area contributed by atoms with Crippen LogP contribution in [0.3, 0.4) is 0 Å². The zero-order valence-corrected chi connectivity index (χ0v) is 18.0. The molecule has 0 bridgehead atoms. The molecule has 0 saturated carbocycles. The van der Waals surface area contributed by atoms with E-state index in [0.29, 0.717) is 10.6 Å². The van der Waals surface area contributed by atoms with E-state index in [9.17, 15) is 13.2 Å². The predicted octanol–water partition coefficient (Wildman–Crippen LogP) is 3.48. The van der Waals surface area contributed by atoms with Crippen LogP contribution in [0.2, 0.25) is 0 Å². The minimum atomic E-state index is -3.46. The summed E-state index contributed by atoms with van der Waals surface area (Å²) in [6.45, 7) is 5.21. The van der Waals surface area contributed by atoms with Crippen LogP contribution in [-0.4, -0.2) is 31.3 Å². The van der Waals surface area contributed by atoms with Crippen LogP contribution in [0.4, 0.5) is 0 Å². The maximum absolute atomic E-state index is 12.7. The van der Waals surface area contributed by atoms with Crippen molar-refractivity contribution < 1.29 is 17.9 Å². The second kappa shape index (κ2) is 7.52. The molecular formula is C20H22N2O4S2. The molecule has 0 aliphatic rings. The molecule has 0 fully saturated rings. The summed E-state index contributed by atoms with van der Waals surface area (Å²) in [6, 6.07) is 9.88. The highest BCUT2D eigenvalue weighted by Crippen LogP contribution is 2.29. The van der Waals surface area contributed by atoms with Crippen LogP contribution >= 0.6 is 11.3 Å². The highest BCUT2D eigenvalue weighted by atomic mass is 32.2. The molecule has 0 saturated heterocycles. The van der Waals surface area contributed by atoms with E-state index in [1.165, 1.54) is 23.5 Å². The maximum Gasteiger partial charge on any atom is 0.279 e. The van der Waals surface area contributed by atoms with Crippen molar-refractivity contribution in [3.05, 3.63) is 52.3 Å². The van der Waals surface area contributed by atoms with Gasteiger partial charge in [0.2, 0.25) is 0 Å². The molecule has 1 amide bonds. The third kappa shape index (κ3) is 3.49. The Hall–Kier alpha value is -2.45. The molecule has 0 unspecified atom stereocenters. The summed E-state index contributed by atoms with van der Waals surface area (Å²) < 4.78 is 33.0. The van der Waals surface area contributed by atoms with Crippen molar-refractivity contribution in [3.63, 3.8) is 0 Å². The lowest BCUT2D eigenvalue weighted by molar-refractivity contribution is 0.0997. The molecule has 0 spiro atoms. The van der Waals surface area contributed by atoms with E-state index in [1.807, 2.05) is 30.7 Å². The monoisotopic (exact) mass is 418 g/mol. The maximum atomic E-state index is 12.7. The third-order valence-electron chi connectivity index (χ3n) is 4.55. The number of thiazole rings is 1. The second-order valence-corrected chi connectivity index (χ2v) is 10.2. The molecule has 3 aromatic rings. The summed E-state index contributed by atoms with van der Waals surface area (Å²) in [4.78, 5) is 17.6. The first kappa shape index (κ1) is 20.3. The summed E-state index contributed by atoms with van der Waals surface area (Å²) >= 11 is 1.39. The fourth-order valence-electron chi connectivity index (χ4n) is 2.85. The first-order valence-electron chi connectivity index (χ1n) is 8.73. The number of amides is 1. The van der Waals surface area contributed by atoms with Crippen LogP contribution in [0.15, 0.2) is 46.3 Å². The molecular weight excluding hydrogens is 396 g/mol. The first-order chi connectivity index (χ1) is 13.2. The second-order valence-electron chi connectivity index (χ2n) is 6.74. The lowest BCUT2D eigenvalue weighted by Crippen LogP contribution is -2.16. The summed E-state index contributed by atoms with van der Waals surface area (Å²) in [6.07, 6.45) is 0. The van der Waals surface area contributed by atoms with Crippen LogP contribution in [0, 0.1) is 6.92 Å². The molecule has 6 nitrogen and oxygen atoms in total. The van der Waals surface area contributed by atoms with Gasteiger partial charge in [-0.05, 0) is 50.6 Å². The number of rotatable bonds is 4. The molecule has 3 rings (SSSR count). The Kier molecular flexibility index (Phi) is 5.45. The Balaban J connectivity index is 2.12. The smallest absolute Gasteiger partial charge is 0.279 e. The molecule has 2 aromatic carbocycles. The summed E-state index contributed by atoms with van der Waals surface area (Å²) in [5, 5.41) is -0.564. The van der Waals surface area contributed by atoms with Gasteiger partial charge in [0, 0.05) is 12.6 Å². The summed E-state index contributed by atoms with van der Waals surface area (Å²) in [5.41, 5.74) is 2.17. The van der Waals surface area contributed by atoms with Gasteiger partial charge in [0.15, 0.2) is 14.6 Å². The minimum absolute atomic E-state index is 0.127. The van der Waals surface area contributed by atoms with Crippen LogP contribution in [0.25, 0.3) is 10.2 Å². The molecule has 0 N–H and O–H groups in total. The van der Waals surface area contributed by atoms with Crippen molar-refractivity contribution in [2.24, 2.45) is 12.0 Å². The molecule has 0 aliphatic carbocycles. The fraction of sp³-hybridized carbons (Fsp3) is 0.300. The van der Waals surface area contributed by atoms with E-state index in [0.717, 1.165) is 15.8 Å². The van der Waals surface area contributed by atoms with E-state index >= 15 is 0 Å². The SMILES string of the molecule is COc1ccc(C)c2sc(=NC(=O)c3cccc(S(=O)(=O)C(C)C)c3)n(C)c12. The van der Waals surface area contributed by atoms with E-state index in [4.69, 9.17) is 4.74 Å². The number of carbonyl (C=O) groups excluding carboxylic acids is 1. The third-order valence-corrected chi connectivity index (χ3v) is 7.97. The van der Waals surface area contributed by atoms with Crippen molar-refractivity contribution in [2.45, 2.75) is 30.9 Å². The average molecular weight is 419 g/mol. The largest absolute Gasteiger partial charge is 0.495 e. The molecule has 0 atom stereocenters. The molecule has 1 aromatic heterocycles. The van der Waals surface area contributed by atoms with Crippen LogP contribution in [0.1, 0.15) is 29.8 Å². The Bertz CT molecular complexity index is 1230. The van der Waals surface area contributed by atoms with Gasteiger partial charge in [-0.15, -0.1) is 0 Å². The number of benzene rings is 2. The number of methoxy groups -OCH3 is 1. The van der Waals surface area contributed by atoms with E-state index < -0.39 is 21.0 Å². The van der Waals surface area contributed by atoms with Gasteiger partial charge in [-0.3, -0.25) is 4.79 Å². The van der Waals surface area contributed by atoms with Gasteiger partial charge in [0.25, 0.3) is 5.91 Å². The highest BCUT2D eigenvalue weighted by Gasteiger charge is 2.20. The first-order valence-corrected chi connectivity index (χ1v) is 11.1. The van der Waals surface area contributed by atoms with E-state index in [1.54, 1.807) is 33.1 Å². The Labute approximate surface area is 168 Å². The zero-order valence-electron chi connectivity index (χ0n) is 16.4. The summed E-state index contributed by atoms with van der Waals surface area (Å²) in [7, 11) is -0.0346. The van der Waals surface area contributed by atoms with Crippen LogP contribution in [0.5, 0.6) is 5.75 Å². The number of hydrogen-bond acceptors (Lipinski definition) is 5. The normalized spacial score (nSPS) is 12.7. The number of hydrogen-bond donors (Lipinski definition) is 0. The fourth-order valence-corrected chi connectivity index (χ4v) is 5.05. The van der Waals surface area contributed by atoms with Crippen molar-refractivity contribution >= 4 is 37.3 Å². The average Bonchev–Trinajstić information content (AvgIpc) is 2.99. The zero-order chi connectivity index (χ0) is 20.6. The number of carbonyl (C=O) groups is 1. The highest BCUT2D eigenvalue weighted by molar-refractivity contribution is 7.92. The number of sulfone groups is 1. The van der Waals surface area contributed by atoms with Gasteiger partial charge in [0.1, 0.15) is 11.3 Å². The van der Waals surface area contributed by atoms with Gasteiger partial charge in [-0.25, -0.2) is 8.42 Å². The van der Waals surface area contributed by atoms with Crippen molar-refractivity contribution in [1.29, 1.82) is 0 Å². The lowest BCUT2D eigenvalue weighted by atomic mass is 10.2. The van der Waals surface area contributed by atoms with Gasteiger partial charge >= 0.3 is 0 Å². The molecule has 8 heteroatoms. The Morgan fingerprint density at radius 2 is 1.93 bits per heavy atom. The number of ether oxygens (including phenoxy) is 1. The predicted molar refractivity (Wildman–Crippen MR) is 111 cm³/mol. The summed E-state index contributed by atoms with van der Waals surface area (Å²) in [5.74, 6) is 0.220. The number of aryl methyl sites for hydroxylation is 2. The van der Waals surface area contributed by atoms with Crippen molar-refractivity contribution in [3.8, 4) is 5.75 Å². The topological polar surface area (TPSA) is 77.7 Å². The van der Waals surface area contributed by atoms with Gasteiger partial charge < -0.3 is 9.30 Å². The molecule has 0 aliphatic heterocycles. The van der Waals surface area contributed by atoms with Crippen molar-refractivity contribution in [1.82, 2.24) is 4.57 Å². The van der Waals surface area contributed by atoms with E-state index in [2.05, 4.69) is 4.99 Å². The molecule has 0 radical (unpaired) electrons. The van der Waals surface area contributed by atoms with Crippen molar-refractivity contribution in [2.75, 3.05) is 7.11 Å². The molecule has 1 heterocycles. The number of fused-ring (bicyclic) bond motifs is 1. The molecule has 28 heavy (non-hydrogen) atoms. The Morgan fingerprint density at radius 3 is 2.57 bits per heavy atom.